The van der Waals surface area contributed by atoms with Crippen LogP contribution in [-0.4, -0.2) is 17.0 Å². The van der Waals surface area contributed by atoms with E-state index in [2.05, 4.69) is 5.32 Å². The number of carbonyl (C=O) groups excluding carboxylic acids is 1. The number of aryl methyl sites for hydroxylation is 1. The fourth-order valence-electron chi connectivity index (χ4n) is 1.57. The molecule has 0 aliphatic carbocycles. The SMILES string of the molecule is CC(=O)NCCCCn1c(C)cccc1=O. The van der Waals surface area contributed by atoms with Crippen molar-refractivity contribution < 1.29 is 4.79 Å². The maximum Gasteiger partial charge on any atom is 0.250 e. The topological polar surface area (TPSA) is 51.1 Å². The number of nitrogens with one attached hydrogen (secondary N) is 1. The van der Waals surface area contributed by atoms with Crippen molar-refractivity contribution in [2.24, 2.45) is 0 Å². The van der Waals surface area contributed by atoms with Crippen LogP contribution < -0.4 is 10.9 Å². The number of carbonyl (C=O) groups is 1. The van der Waals surface area contributed by atoms with Crippen molar-refractivity contribution >= 4 is 5.91 Å². The van der Waals surface area contributed by atoms with Crippen molar-refractivity contribution in [1.82, 2.24) is 9.88 Å². The molecule has 0 radical (unpaired) electrons. The molecule has 0 aliphatic heterocycles. The van der Waals surface area contributed by atoms with E-state index in [0.717, 1.165) is 18.5 Å². The third-order valence-electron chi connectivity index (χ3n) is 2.45. The van der Waals surface area contributed by atoms with Gasteiger partial charge in [0, 0.05) is 31.8 Å². The maximum absolute atomic E-state index is 11.5. The Kier molecular flexibility index (Phi) is 4.76. The van der Waals surface area contributed by atoms with Crippen LogP contribution in [0.3, 0.4) is 0 Å². The Morgan fingerprint density at radius 2 is 2.12 bits per heavy atom. The molecular formula is C12H18N2O2. The predicted molar refractivity (Wildman–Crippen MR) is 63.4 cm³/mol. The first kappa shape index (κ1) is 12.5. The quantitative estimate of drug-likeness (QED) is 0.758. The minimum absolute atomic E-state index is 0.00643. The van der Waals surface area contributed by atoms with E-state index in [1.54, 1.807) is 16.7 Å². The second-order valence-corrected chi connectivity index (χ2v) is 3.85. The molecule has 0 saturated carbocycles. The van der Waals surface area contributed by atoms with Gasteiger partial charge in [0.05, 0.1) is 0 Å². The van der Waals surface area contributed by atoms with Crippen molar-refractivity contribution in [1.29, 1.82) is 0 Å². The number of hydrogen-bond acceptors (Lipinski definition) is 2. The van der Waals surface area contributed by atoms with E-state index in [1.807, 2.05) is 13.0 Å². The minimum atomic E-state index is -0.00643. The highest BCUT2D eigenvalue weighted by Gasteiger charge is 1.98. The predicted octanol–water partition coefficient (Wildman–Crippen LogP) is 1.07. The summed E-state index contributed by atoms with van der Waals surface area (Å²) in [5.74, 6) is -0.00643. The molecule has 1 aromatic rings. The molecule has 0 fully saturated rings. The van der Waals surface area contributed by atoms with Gasteiger partial charge in [-0.25, -0.2) is 0 Å². The van der Waals surface area contributed by atoms with E-state index < -0.39 is 0 Å². The van der Waals surface area contributed by atoms with Gasteiger partial charge in [0.25, 0.3) is 5.56 Å². The highest BCUT2D eigenvalue weighted by molar-refractivity contribution is 5.72. The average molecular weight is 222 g/mol. The molecule has 1 N–H and O–H groups in total. The zero-order valence-electron chi connectivity index (χ0n) is 9.82. The lowest BCUT2D eigenvalue weighted by molar-refractivity contribution is -0.118. The summed E-state index contributed by atoms with van der Waals surface area (Å²) < 4.78 is 1.76. The Balaban J connectivity index is 2.38. The van der Waals surface area contributed by atoms with Crippen LogP contribution in [0.15, 0.2) is 23.0 Å². The van der Waals surface area contributed by atoms with E-state index in [4.69, 9.17) is 0 Å². The number of amides is 1. The normalized spacial score (nSPS) is 10.1. The summed E-state index contributed by atoms with van der Waals surface area (Å²) in [4.78, 5) is 22.1. The Morgan fingerprint density at radius 3 is 2.75 bits per heavy atom. The van der Waals surface area contributed by atoms with Crippen LogP contribution in [0, 0.1) is 6.92 Å². The smallest absolute Gasteiger partial charge is 0.250 e. The number of pyridine rings is 1. The molecule has 0 bridgehead atoms. The van der Waals surface area contributed by atoms with Gasteiger partial charge in [-0.15, -0.1) is 0 Å². The molecule has 0 atom stereocenters. The van der Waals surface area contributed by atoms with Crippen molar-refractivity contribution in [3.8, 4) is 0 Å². The van der Waals surface area contributed by atoms with Gasteiger partial charge < -0.3 is 9.88 Å². The summed E-state index contributed by atoms with van der Waals surface area (Å²) in [6.07, 6.45) is 1.78. The van der Waals surface area contributed by atoms with Gasteiger partial charge in [0.1, 0.15) is 0 Å². The summed E-state index contributed by atoms with van der Waals surface area (Å²) in [5.41, 5.74) is 1.02. The minimum Gasteiger partial charge on any atom is -0.356 e. The molecule has 16 heavy (non-hydrogen) atoms. The van der Waals surface area contributed by atoms with Crippen LogP contribution in [0.4, 0.5) is 0 Å². The summed E-state index contributed by atoms with van der Waals surface area (Å²) in [5, 5.41) is 2.73. The van der Waals surface area contributed by atoms with Crippen molar-refractivity contribution in [3.63, 3.8) is 0 Å². The van der Waals surface area contributed by atoms with E-state index >= 15 is 0 Å². The molecule has 4 heteroatoms. The first-order valence-corrected chi connectivity index (χ1v) is 5.52. The number of aromatic nitrogens is 1. The van der Waals surface area contributed by atoms with E-state index in [1.165, 1.54) is 6.92 Å². The molecule has 0 unspecified atom stereocenters. The molecule has 1 aromatic heterocycles. The molecule has 88 valence electrons. The second kappa shape index (κ2) is 6.10. The number of hydrogen-bond donors (Lipinski definition) is 1. The van der Waals surface area contributed by atoms with Crippen LogP contribution >= 0.6 is 0 Å². The summed E-state index contributed by atoms with van der Waals surface area (Å²) in [6, 6.07) is 5.27. The van der Waals surface area contributed by atoms with E-state index in [9.17, 15) is 9.59 Å². The van der Waals surface area contributed by atoms with Gasteiger partial charge in [-0.05, 0) is 25.8 Å². The van der Waals surface area contributed by atoms with Crippen LogP contribution in [0.2, 0.25) is 0 Å². The zero-order chi connectivity index (χ0) is 12.0. The van der Waals surface area contributed by atoms with Gasteiger partial charge in [0.15, 0.2) is 0 Å². The second-order valence-electron chi connectivity index (χ2n) is 3.85. The molecule has 0 aliphatic rings. The van der Waals surface area contributed by atoms with Gasteiger partial charge in [-0.3, -0.25) is 9.59 Å². The molecule has 0 saturated heterocycles. The van der Waals surface area contributed by atoms with Crippen LogP contribution in [0.1, 0.15) is 25.5 Å². The zero-order valence-corrected chi connectivity index (χ0v) is 9.82. The number of unbranched alkanes of at least 4 members (excludes halogenated alkanes) is 1. The average Bonchev–Trinajstić information content (AvgIpc) is 2.21. The Hall–Kier alpha value is -1.58. The number of nitrogens with zero attached hydrogens (tertiary/aromatic N) is 1. The van der Waals surface area contributed by atoms with E-state index in [0.29, 0.717) is 13.1 Å². The van der Waals surface area contributed by atoms with Gasteiger partial charge in [0.2, 0.25) is 5.91 Å². The fourth-order valence-corrected chi connectivity index (χ4v) is 1.57. The maximum atomic E-state index is 11.5. The Labute approximate surface area is 95.3 Å². The molecule has 0 spiro atoms. The summed E-state index contributed by atoms with van der Waals surface area (Å²) in [6.45, 7) is 4.82. The Morgan fingerprint density at radius 1 is 1.38 bits per heavy atom. The highest BCUT2D eigenvalue weighted by atomic mass is 16.1. The lowest BCUT2D eigenvalue weighted by Crippen LogP contribution is -2.23. The lowest BCUT2D eigenvalue weighted by Gasteiger charge is -2.08. The highest BCUT2D eigenvalue weighted by Crippen LogP contribution is 1.97. The van der Waals surface area contributed by atoms with Crippen LogP contribution in [-0.2, 0) is 11.3 Å². The molecular weight excluding hydrogens is 204 g/mol. The first-order valence-electron chi connectivity index (χ1n) is 5.52. The molecule has 1 rings (SSSR count). The van der Waals surface area contributed by atoms with E-state index in [-0.39, 0.29) is 11.5 Å². The van der Waals surface area contributed by atoms with Gasteiger partial charge in [-0.1, -0.05) is 6.07 Å². The third kappa shape index (κ3) is 3.88. The molecule has 1 amide bonds. The largest absolute Gasteiger partial charge is 0.356 e. The van der Waals surface area contributed by atoms with Gasteiger partial charge >= 0.3 is 0 Å². The van der Waals surface area contributed by atoms with Crippen molar-refractivity contribution in [2.45, 2.75) is 33.2 Å². The molecule has 4 nitrogen and oxygen atoms in total. The first-order chi connectivity index (χ1) is 7.61. The van der Waals surface area contributed by atoms with Crippen molar-refractivity contribution in [3.05, 3.63) is 34.2 Å². The molecule has 1 heterocycles. The Bertz CT molecular complexity index is 410. The fraction of sp³-hybridized carbons (Fsp3) is 0.500. The van der Waals surface area contributed by atoms with Crippen molar-refractivity contribution in [2.75, 3.05) is 6.54 Å². The third-order valence-corrected chi connectivity index (χ3v) is 2.45. The number of rotatable bonds is 5. The van der Waals surface area contributed by atoms with Crippen LogP contribution in [0.25, 0.3) is 0 Å². The lowest BCUT2D eigenvalue weighted by atomic mass is 10.3. The summed E-state index contributed by atoms with van der Waals surface area (Å²) in [7, 11) is 0. The monoisotopic (exact) mass is 222 g/mol. The molecule has 0 aromatic carbocycles. The van der Waals surface area contributed by atoms with Crippen LogP contribution in [0.5, 0.6) is 0 Å². The van der Waals surface area contributed by atoms with Gasteiger partial charge in [-0.2, -0.15) is 0 Å². The summed E-state index contributed by atoms with van der Waals surface area (Å²) >= 11 is 0. The standard InChI is InChI=1S/C12H18N2O2/c1-10-6-5-7-12(16)14(10)9-4-3-8-13-11(2)15/h5-7H,3-4,8-9H2,1-2H3,(H,13,15).